The van der Waals surface area contributed by atoms with Gasteiger partial charge in [-0.25, -0.2) is 0 Å². The van der Waals surface area contributed by atoms with Gasteiger partial charge in [0.25, 0.3) is 0 Å². The number of hydrogen-bond acceptors (Lipinski definition) is 3. The van der Waals surface area contributed by atoms with Gasteiger partial charge in [-0.05, 0) is 31.2 Å². The second-order valence-electron chi connectivity index (χ2n) is 6.37. The van der Waals surface area contributed by atoms with Crippen molar-refractivity contribution in [3.8, 4) is 0 Å². The Labute approximate surface area is 144 Å². The van der Waals surface area contributed by atoms with E-state index in [9.17, 15) is 0 Å². The van der Waals surface area contributed by atoms with E-state index in [-0.39, 0.29) is 0 Å². The first-order chi connectivity index (χ1) is 11.6. The van der Waals surface area contributed by atoms with Gasteiger partial charge >= 0.3 is 0 Å². The van der Waals surface area contributed by atoms with Gasteiger partial charge in [0.1, 0.15) is 0 Å². The highest BCUT2D eigenvalue weighted by atomic mass is 16.5. The summed E-state index contributed by atoms with van der Waals surface area (Å²) in [6.07, 6.45) is 2.09. The molecule has 1 heterocycles. The Morgan fingerprint density at radius 3 is 2.58 bits per heavy atom. The van der Waals surface area contributed by atoms with Gasteiger partial charge in [0.15, 0.2) is 11.7 Å². The molecule has 0 radical (unpaired) electrons. The summed E-state index contributed by atoms with van der Waals surface area (Å²) in [6, 6.07) is 12.9. The van der Waals surface area contributed by atoms with Gasteiger partial charge in [-0.1, -0.05) is 49.3 Å². The highest BCUT2D eigenvalue weighted by Crippen LogP contribution is 2.13. The molecule has 0 spiro atoms. The molecule has 0 aliphatic rings. The molecule has 0 amide bonds. The molecule has 2 rings (SSSR count). The van der Waals surface area contributed by atoms with Crippen molar-refractivity contribution in [1.82, 2.24) is 15.8 Å². The summed E-state index contributed by atoms with van der Waals surface area (Å²) in [6.45, 7) is 6.94. The molecule has 1 atom stereocenters. The monoisotopic (exact) mass is 328 g/mol. The van der Waals surface area contributed by atoms with Crippen LogP contribution in [0.1, 0.15) is 50.1 Å². The van der Waals surface area contributed by atoms with Crippen LogP contribution < -0.4 is 10.6 Å². The summed E-state index contributed by atoms with van der Waals surface area (Å²) in [5.74, 6) is 1.97. The van der Waals surface area contributed by atoms with E-state index in [4.69, 9.17) is 4.52 Å². The van der Waals surface area contributed by atoms with E-state index >= 15 is 0 Å². The maximum absolute atomic E-state index is 5.34. The molecule has 130 valence electrons. The van der Waals surface area contributed by atoms with Crippen LogP contribution in [0.4, 0.5) is 0 Å². The Hall–Kier alpha value is -2.30. The van der Waals surface area contributed by atoms with Crippen molar-refractivity contribution < 1.29 is 4.52 Å². The molecule has 1 aromatic heterocycles. The van der Waals surface area contributed by atoms with Crippen molar-refractivity contribution in [2.24, 2.45) is 4.99 Å². The zero-order chi connectivity index (χ0) is 17.4. The predicted octanol–water partition coefficient (Wildman–Crippen LogP) is 3.48. The van der Waals surface area contributed by atoms with Crippen LogP contribution in [0.15, 0.2) is 45.9 Å². The summed E-state index contributed by atoms with van der Waals surface area (Å²) in [5, 5.41) is 10.8. The Bertz CT molecular complexity index is 634. The Morgan fingerprint density at radius 1 is 1.21 bits per heavy atom. The van der Waals surface area contributed by atoms with Crippen molar-refractivity contribution in [3.63, 3.8) is 0 Å². The number of hydrogen-bond donors (Lipinski definition) is 2. The minimum absolute atomic E-state index is 0.331. The van der Waals surface area contributed by atoms with E-state index < -0.39 is 0 Å². The largest absolute Gasteiger partial charge is 0.359 e. The maximum atomic E-state index is 5.34. The average molecular weight is 328 g/mol. The molecule has 2 aromatic rings. The first-order valence-corrected chi connectivity index (χ1v) is 8.55. The van der Waals surface area contributed by atoms with Crippen molar-refractivity contribution in [3.05, 3.63) is 53.4 Å². The van der Waals surface area contributed by atoms with E-state index in [1.807, 2.05) is 12.1 Å². The Morgan fingerprint density at radius 2 is 1.96 bits per heavy atom. The fourth-order valence-electron chi connectivity index (χ4n) is 2.38. The van der Waals surface area contributed by atoms with Gasteiger partial charge < -0.3 is 15.2 Å². The highest BCUT2D eigenvalue weighted by Gasteiger charge is 2.09. The van der Waals surface area contributed by atoms with E-state index in [0.29, 0.717) is 18.5 Å². The first kappa shape index (κ1) is 18.0. The minimum atomic E-state index is 0.331. The molecule has 0 aliphatic carbocycles. The van der Waals surface area contributed by atoms with E-state index in [2.05, 4.69) is 65.8 Å². The molecule has 0 bridgehead atoms. The minimum Gasteiger partial charge on any atom is -0.359 e. The van der Waals surface area contributed by atoms with Gasteiger partial charge in [0.2, 0.25) is 0 Å². The molecule has 24 heavy (non-hydrogen) atoms. The van der Waals surface area contributed by atoms with Crippen LogP contribution in [0.2, 0.25) is 0 Å². The van der Waals surface area contributed by atoms with Gasteiger partial charge in [-0.2, -0.15) is 0 Å². The van der Waals surface area contributed by atoms with E-state index in [1.54, 1.807) is 7.05 Å². The molecule has 5 heteroatoms. The lowest BCUT2D eigenvalue weighted by Gasteiger charge is -2.17. The van der Waals surface area contributed by atoms with Crippen LogP contribution >= 0.6 is 0 Å². The van der Waals surface area contributed by atoms with Crippen molar-refractivity contribution in [2.45, 2.75) is 52.1 Å². The molecular formula is C19H28N4O. The van der Waals surface area contributed by atoms with Gasteiger partial charge in [0, 0.05) is 19.2 Å². The number of nitrogens with one attached hydrogen (secondary N) is 2. The zero-order valence-corrected chi connectivity index (χ0v) is 15.0. The van der Waals surface area contributed by atoms with Crippen LogP contribution in [0.25, 0.3) is 0 Å². The normalized spacial score (nSPS) is 13.1. The SMILES string of the molecule is CN=C(NCc1cc(C(C)C)no1)NC(C)CCc1ccccc1. The number of rotatable bonds is 7. The molecule has 0 aliphatic heterocycles. The molecule has 0 fully saturated rings. The second kappa shape index (κ2) is 9.11. The smallest absolute Gasteiger partial charge is 0.191 e. The molecule has 0 saturated carbocycles. The third kappa shape index (κ3) is 5.72. The van der Waals surface area contributed by atoms with Crippen LogP contribution in [-0.4, -0.2) is 24.2 Å². The van der Waals surface area contributed by atoms with Crippen LogP contribution in [0, 0.1) is 0 Å². The molecular weight excluding hydrogens is 300 g/mol. The molecule has 2 N–H and O–H groups in total. The van der Waals surface area contributed by atoms with Crippen molar-refractivity contribution in [1.29, 1.82) is 0 Å². The van der Waals surface area contributed by atoms with E-state index in [0.717, 1.165) is 30.3 Å². The summed E-state index contributed by atoms with van der Waals surface area (Å²) in [7, 11) is 1.78. The number of aromatic nitrogens is 1. The average Bonchev–Trinajstić information content (AvgIpc) is 3.07. The highest BCUT2D eigenvalue weighted by molar-refractivity contribution is 5.79. The van der Waals surface area contributed by atoms with Gasteiger partial charge in [-0.3, -0.25) is 4.99 Å². The summed E-state index contributed by atoms with van der Waals surface area (Å²) in [4.78, 5) is 4.27. The third-order valence-corrected chi connectivity index (χ3v) is 3.91. The Balaban J connectivity index is 1.76. The molecule has 5 nitrogen and oxygen atoms in total. The maximum Gasteiger partial charge on any atom is 0.191 e. The fraction of sp³-hybridized carbons (Fsp3) is 0.474. The molecule has 1 unspecified atom stereocenters. The number of aryl methyl sites for hydroxylation is 1. The third-order valence-electron chi connectivity index (χ3n) is 3.91. The van der Waals surface area contributed by atoms with Crippen LogP contribution in [0.3, 0.4) is 0 Å². The van der Waals surface area contributed by atoms with Gasteiger partial charge in [-0.15, -0.1) is 0 Å². The number of benzene rings is 1. The number of aliphatic imine (C=N–C) groups is 1. The first-order valence-electron chi connectivity index (χ1n) is 8.55. The topological polar surface area (TPSA) is 62.5 Å². The van der Waals surface area contributed by atoms with Crippen LogP contribution in [0.5, 0.6) is 0 Å². The zero-order valence-electron chi connectivity index (χ0n) is 15.0. The summed E-state index contributed by atoms with van der Waals surface area (Å²) in [5.41, 5.74) is 2.34. The molecule has 1 aromatic carbocycles. The Kier molecular flexibility index (Phi) is 6.85. The van der Waals surface area contributed by atoms with Crippen molar-refractivity contribution >= 4 is 5.96 Å². The molecule has 0 saturated heterocycles. The number of guanidine groups is 1. The lowest BCUT2D eigenvalue weighted by Crippen LogP contribution is -2.42. The van der Waals surface area contributed by atoms with Crippen molar-refractivity contribution in [2.75, 3.05) is 7.05 Å². The summed E-state index contributed by atoms with van der Waals surface area (Å²) < 4.78 is 5.34. The number of nitrogens with zero attached hydrogens (tertiary/aromatic N) is 2. The lowest BCUT2D eigenvalue weighted by molar-refractivity contribution is 0.371. The van der Waals surface area contributed by atoms with E-state index in [1.165, 1.54) is 5.56 Å². The fourth-order valence-corrected chi connectivity index (χ4v) is 2.38. The summed E-state index contributed by atoms with van der Waals surface area (Å²) >= 11 is 0. The quantitative estimate of drug-likeness (QED) is 0.603. The van der Waals surface area contributed by atoms with Crippen LogP contribution in [-0.2, 0) is 13.0 Å². The lowest BCUT2D eigenvalue weighted by atomic mass is 10.1. The van der Waals surface area contributed by atoms with Gasteiger partial charge in [0.05, 0.1) is 12.2 Å². The predicted molar refractivity (Wildman–Crippen MR) is 98.2 cm³/mol. The second-order valence-corrected chi connectivity index (χ2v) is 6.37. The standard InChI is InChI=1S/C19H28N4O/c1-14(2)18-12-17(24-23-18)13-21-19(20-4)22-15(3)10-11-16-8-6-5-7-9-16/h5-9,12,14-15H,10-11,13H2,1-4H3,(H2,20,21,22).